The molecule has 3 aromatic rings. The summed E-state index contributed by atoms with van der Waals surface area (Å²) in [5.74, 6) is 0.540. The standard InChI is InChI=1S/C14H10N4O2S/c19-13-5-20-12-2-1-8(3-9(12)17-13)11-6-21-14(18-11)10-4-15-7-16-10/h1-4,6-7H,5H2,(H,15,16)(H,17,19). The number of carbonyl (C=O) groups is 1. The van der Waals surface area contributed by atoms with Crippen LogP contribution in [0.4, 0.5) is 5.69 Å². The molecule has 0 atom stereocenters. The minimum Gasteiger partial charge on any atom is -0.482 e. The van der Waals surface area contributed by atoms with Gasteiger partial charge in [-0.1, -0.05) is 0 Å². The Labute approximate surface area is 123 Å². The number of amides is 1. The molecule has 7 heteroatoms. The van der Waals surface area contributed by atoms with Crippen LogP contribution in [0.25, 0.3) is 22.0 Å². The molecule has 104 valence electrons. The van der Waals surface area contributed by atoms with Crippen LogP contribution in [-0.4, -0.2) is 27.5 Å². The lowest BCUT2D eigenvalue weighted by Gasteiger charge is -2.18. The average Bonchev–Trinajstić information content (AvgIpc) is 3.17. The van der Waals surface area contributed by atoms with Crippen LogP contribution >= 0.6 is 11.3 Å². The van der Waals surface area contributed by atoms with E-state index >= 15 is 0 Å². The van der Waals surface area contributed by atoms with E-state index in [1.54, 1.807) is 12.5 Å². The number of anilines is 1. The van der Waals surface area contributed by atoms with Crippen LogP contribution in [-0.2, 0) is 4.79 Å². The number of nitrogens with zero attached hydrogens (tertiary/aromatic N) is 2. The third-order valence-corrected chi connectivity index (χ3v) is 4.02. The fourth-order valence-corrected chi connectivity index (χ4v) is 2.95. The highest BCUT2D eigenvalue weighted by Gasteiger charge is 2.17. The summed E-state index contributed by atoms with van der Waals surface area (Å²) in [4.78, 5) is 23.0. The first kappa shape index (κ1) is 12.1. The molecule has 0 unspecified atom stereocenters. The molecule has 0 fully saturated rings. The maximum Gasteiger partial charge on any atom is 0.262 e. The van der Waals surface area contributed by atoms with Crippen molar-refractivity contribution in [3.05, 3.63) is 36.1 Å². The molecule has 1 aliphatic heterocycles. The van der Waals surface area contributed by atoms with Crippen molar-refractivity contribution in [2.75, 3.05) is 11.9 Å². The number of benzene rings is 1. The molecule has 0 saturated carbocycles. The number of rotatable bonds is 2. The van der Waals surface area contributed by atoms with Crippen molar-refractivity contribution in [3.8, 4) is 27.7 Å². The first-order chi connectivity index (χ1) is 10.3. The van der Waals surface area contributed by atoms with Gasteiger partial charge in [0.25, 0.3) is 5.91 Å². The number of carbonyl (C=O) groups excluding carboxylic acids is 1. The smallest absolute Gasteiger partial charge is 0.262 e. The van der Waals surface area contributed by atoms with E-state index in [9.17, 15) is 4.79 Å². The van der Waals surface area contributed by atoms with Crippen LogP contribution in [0.5, 0.6) is 5.75 Å². The molecule has 1 aromatic carbocycles. The molecule has 0 saturated heterocycles. The molecule has 3 heterocycles. The number of imidazole rings is 1. The highest BCUT2D eigenvalue weighted by molar-refractivity contribution is 7.13. The maximum atomic E-state index is 11.4. The van der Waals surface area contributed by atoms with Gasteiger partial charge in [-0.3, -0.25) is 4.79 Å². The molecule has 2 N–H and O–H groups in total. The molecular formula is C14H10N4O2S. The second-order valence-electron chi connectivity index (χ2n) is 4.55. The van der Waals surface area contributed by atoms with Crippen LogP contribution in [0.3, 0.4) is 0 Å². The van der Waals surface area contributed by atoms with Crippen molar-refractivity contribution in [3.63, 3.8) is 0 Å². The van der Waals surface area contributed by atoms with Crippen molar-refractivity contribution < 1.29 is 9.53 Å². The summed E-state index contributed by atoms with van der Waals surface area (Å²) >= 11 is 1.54. The molecule has 1 amide bonds. The first-order valence-corrected chi connectivity index (χ1v) is 7.19. The van der Waals surface area contributed by atoms with Gasteiger partial charge in [0, 0.05) is 10.9 Å². The van der Waals surface area contributed by atoms with Gasteiger partial charge in [0.2, 0.25) is 0 Å². The third kappa shape index (κ3) is 2.17. The zero-order valence-electron chi connectivity index (χ0n) is 10.8. The van der Waals surface area contributed by atoms with E-state index in [-0.39, 0.29) is 12.5 Å². The van der Waals surface area contributed by atoms with Gasteiger partial charge in [-0.05, 0) is 18.2 Å². The van der Waals surface area contributed by atoms with Gasteiger partial charge in [-0.2, -0.15) is 0 Å². The highest BCUT2D eigenvalue weighted by Crippen LogP contribution is 2.34. The van der Waals surface area contributed by atoms with Gasteiger partial charge in [-0.25, -0.2) is 9.97 Å². The molecule has 0 radical (unpaired) electrons. The summed E-state index contributed by atoms with van der Waals surface area (Å²) in [5.41, 5.74) is 3.36. The normalized spacial score (nSPS) is 13.4. The Balaban J connectivity index is 1.71. The predicted octanol–water partition coefficient (Wildman–Crippen LogP) is 2.53. The number of hydrogen-bond acceptors (Lipinski definition) is 5. The lowest BCUT2D eigenvalue weighted by molar-refractivity contribution is -0.118. The Kier molecular flexibility index (Phi) is 2.71. The quantitative estimate of drug-likeness (QED) is 0.762. The molecule has 4 rings (SSSR count). The van der Waals surface area contributed by atoms with E-state index < -0.39 is 0 Å². The summed E-state index contributed by atoms with van der Waals surface area (Å²) in [7, 11) is 0. The Morgan fingerprint density at radius 1 is 1.33 bits per heavy atom. The van der Waals surface area contributed by atoms with Crippen LogP contribution in [0.2, 0.25) is 0 Å². The van der Waals surface area contributed by atoms with E-state index in [0.717, 1.165) is 22.0 Å². The Morgan fingerprint density at radius 2 is 2.29 bits per heavy atom. The van der Waals surface area contributed by atoms with Gasteiger partial charge >= 0.3 is 0 Å². The molecule has 0 aliphatic carbocycles. The Bertz CT molecular complexity index is 810. The maximum absolute atomic E-state index is 11.4. The number of aromatic nitrogens is 3. The van der Waals surface area contributed by atoms with Crippen LogP contribution in [0, 0.1) is 0 Å². The number of hydrogen-bond donors (Lipinski definition) is 2. The van der Waals surface area contributed by atoms with Gasteiger partial charge in [0.15, 0.2) is 6.61 Å². The molecule has 0 spiro atoms. The number of thiazole rings is 1. The minimum absolute atomic E-state index is 0.0625. The summed E-state index contributed by atoms with van der Waals surface area (Å²) < 4.78 is 5.35. The topological polar surface area (TPSA) is 79.9 Å². The van der Waals surface area contributed by atoms with Crippen molar-refractivity contribution in [2.45, 2.75) is 0 Å². The summed E-state index contributed by atoms with van der Waals surface area (Å²) in [6.45, 7) is 0.0625. The van der Waals surface area contributed by atoms with Crippen LogP contribution in [0.1, 0.15) is 0 Å². The van der Waals surface area contributed by atoms with E-state index in [2.05, 4.69) is 20.3 Å². The molecule has 6 nitrogen and oxygen atoms in total. The number of nitrogens with one attached hydrogen (secondary N) is 2. The zero-order chi connectivity index (χ0) is 14.2. The van der Waals surface area contributed by atoms with Crippen LogP contribution < -0.4 is 10.1 Å². The molecular weight excluding hydrogens is 288 g/mol. The molecule has 21 heavy (non-hydrogen) atoms. The summed E-state index contributed by atoms with van der Waals surface area (Å²) in [6, 6.07) is 5.65. The fraction of sp³-hybridized carbons (Fsp3) is 0.0714. The number of ether oxygens (including phenoxy) is 1. The van der Waals surface area contributed by atoms with Gasteiger partial charge in [0.05, 0.1) is 29.6 Å². The summed E-state index contributed by atoms with van der Waals surface area (Å²) in [5, 5.41) is 5.65. The van der Waals surface area contributed by atoms with Crippen molar-refractivity contribution >= 4 is 22.9 Å². The monoisotopic (exact) mass is 298 g/mol. The van der Waals surface area contributed by atoms with Gasteiger partial charge in [0.1, 0.15) is 10.8 Å². The molecule has 1 aliphatic rings. The molecule has 0 bridgehead atoms. The Morgan fingerprint density at radius 3 is 3.14 bits per heavy atom. The summed E-state index contributed by atoms with van der Waals surface area (Å²) in [6.07, 6.45) is 3.37. The number of aromatic amines is 1. The van der Waals surface area contributed by atoms with Gasteiger partial charge in [-0.15, -0.1) is 11.3 Å². The number of H-pyrrole nitrogens is 1. The second kappa shape index (κ2) is 4.71. The highest BCUT2D eigenvalue weighted by atomic mass is 32.1. The zero-order valence-corrected chi connectivity index (χ0v) is 11.6. The average molecular weight is 298 g/mol. The second-order valence-corrected chi connectivity index (χ2v) is 5.41. The van der Waals surface area contributed by atoms with Gasteiger partial charge < -0.3 is 15.0 Å². The van der Waals surface area contributed by atoms with E-state index in [1.807, 2.05) is 23.6 Å². The van der Waals surface area contributed by atoms with E-state index in [0.29, 0.717) is 11.4 Å². The Hall–Kier alpha value is -2.67. The van der Waals surface area contributed by atoms with Crippen molar-refractivity contribution in [1.82, 2.24) is 15.0 Å². The molecule has 2 aromatic heterocycles. The SMILES string of the molecule is O=C1COc2ccc(-c3csc(-c4cnc[nH]4)n3)cc2N1. The van der Waals surface area contributed by atoms with E-state index in [4.69, 9.17) is 4.74 Å². The number of fused-ring (bicyclic) bond motifs is 1. The van der Waals surface area contributed by atoms with Crippen molar-refractivity contribution in [1.29, 1.82) is 0 Å². The fourth-order valence-electron chi connectivity index (χ4n) is 2.15. The van der Waals surface area contributed by atoms with Crippen molar-refractivity contribution in [2.24, 2.45) is 0 Å². The third-order valence-electron chi connectivity index (χ3n) is 3.14. The predicted molar refractivity (Wildman–Crippen MR) is 79.3 cm³/mol. The largest absolute Gasteiger partial charge is 0.482 e. The lowest BCUT2D eigenvalue weighted by Crippen LogP contribution is -2.25. The van der Waals surface area contributed by atoms with E-state index in [1.165, 1.54) is 11.3 Å². The lowest BCUT2D eigenvalue weighted by atomic mass is 10.1. The minimum atomic E-state index is -0.143. The first-order valence-electron chi connectivity index (χ1n) is 6.31. The van der Waals surface area contributed by atoms with Crippen LogP contribution in [0.15, 0.2) is 36.1 Å².